The molecule has 0 unspecified atom stereocenters. The van der Waals surface area contributed by atoms with Crippen molar-refractivity contribution < 1.29 is 23.8 Å². The van der Waals surface area contributed by atoms with Crippen LogP contribution < -0.4 is 9.47 Å². The molecule has 0 saturated heterocycles. The Morgan fingerprint density at radius 3 is 2.19 bits per heavy atom. The number of esters is 1. The molecule has 0 aliphatic heterocycles. The summed E-state index contributed by atoms with van der Waals surface area (Å²) in [6, 6.07) is 16.5. The smallest absolute Gasteiger partial charge is 0.310 e. The summed E-state index contributed by atoms with van der Waals surface area (Å²) < 4.78 is 15.4. The largest absolute Gasteiger partial charge is 0.493 e. The Kier molecular flexibility index (Phi) is 5.41. The molecule has 0 amide bonds. The van der Waals surface area contributed by atoms with Crippen molar-refractivity contribution in [3.05, 3.63) is 71.3 Å². The third-order valence-corrected chi connectivity index (χ3v) is 4.45. The van der Waals surface area contributed by atoms with Crippen molar-refractivity contribution in [2.24, 2.45) is 0 Å². The SMILES string of the molecule is COC(=O)Cc1cc(OC)c(OC)cc1C(=O)c1cccc2ccccc12. The molecule has 3 rings (SSSR count). The summed E-state index contributed by atoms with van der Waals surface area (Å²) in [6.07, 6.45) is -0.0390. The zero-order valence-corrected chi connectivity index (χ0v) is 15.4. The van der Waals surface area contributed by atoms with Crippen molar-refractivity contribution in [1.82, 2.24) is 0 Å². The molecule has 0 radical (unpaired) electrons. The Labute approximate surface area is 157 Å². The van der Waals surface area contributed by atoms with E-state index in [1.165, 1.54) is 21.3 Å². The Morgan fingerprint density at radius 2 is 1.48 bits per heavy atom. The van der Waals surface area contributed by atoms with Crippen LogP contribution in [0.3, 0.4) is 0 Å². The first-order valence-electron chi connectivity index (χ1n) is 8.43. The standard InChI is InChI=1S/C22H20O5/c1-25-19-11-15(12-21(23)27-3)18(13-20(19)26-2)22(24)17-10-6-8-14-7-4-5-9-16(14)17/h4-11,13H,12H2,1-3H3. The van der Waals surface area contributed by atoms with Gasteiger partial charge in [0.15, 0.2) is 17.3 Å². The number of ether oxygens (including phenoxy) is 3. The summed E-state index contributed by atoms with van der Waals surface area (Å²) in [4.78, 5) is 25.2. The third-order valence-electron chi connectivity index (χ3n) is 4.45. The zero-order chi connectivity index (χ0) is 19.4. The topological polar surface area (TPSA) is 61.8 Å². The molecule has 0 heterocycles. The second kappa shape index (κ2) is 7.91. The fourth-order valence-corrected chi connectivity index (χ4v) is 3.07. The van der Waals surface area contributed by atoms with E-state index >= 15 is 0 Å². The number of rotatable bonds is 6. The van der Waals surface area contributed by atoms with Gasteiger partial charge in [-0.05, 0) is 28.5 Å². The highest BCUT2D eigenvalue weighted by Gasteiger charge is 2.21. The number of carbonyl (C=O) groups is 2. The van der Waals surface area contributed by atoms with Crippen LogP contribution in [0.2, 0.25) is 0 Å². The van der Waals surface area contributed by atoms with Gasteiger partial charge in [0, 0.05) is 11.1 Å². The Balaban J connectivity index is 2.18. The summed E-state index contributed by atoms with van der Waals surface area (Å²) >= 11 is 0. The Morgan fingerprint density at radius 1 is 0.815 bits per heavy atom. The van der Waals surface area contributed by atoms with Crippen molar-refractivity contribution in [2.75, 3.05) is 21.3 Å². The summed E-state index contributed by atoms with van der Waals surface area (Å²) in [5.74, 6) is 0.251. The van der Waals surface area contributed by atoms with Crippen LogP contribution in [-0.2, 0) is 16.0 Å². The zero-order valence-electron chi connectivity index (χ0n) is 15.4. The molecule has 0 spiro atoms. The lowest BCUT2D eigenvalue weighted by Crippen LogP contribution is -2.12. The van der Waals surface area contributed by atoms with Gasteiger partial charge < -0.3 is 14.2 Å². The molecule has 0 aromatic heterocycles. The lowest BCUT2D eigenvalue weighted by atomic mass is 9.93. The maximum absolute atomic E-state index is 13.4. The molecule has 5 nitrogen and oxygen atoms in total. The molecule has 27 heavy (non-hydrogen) atoms. The van der Waals surface area contributed by atoms with Crippen molar-refractivity contribution in [3.8, 4) is 11.5 Å². The van der Waals surface area contributed by atoms with Crippen molar-refractivity contribution in [1.29, 1.82) is 0 Å². The Bertz CT molecular complexity index is 1000. The van der Waals surface area contributed by atoms with Crippen LogP contribution in [0.4, 0.5) is 0 Å². The van der Waals surface area contributed by atoms with Crippen LogP contribution in [0.25, 0.3) is 10.8 Å². The van der Waals surface area contributed by atoms with Gasteiger partial charge in [-0.15, -0.1) is 0 Å². The van der Waals surface area contributed by atoms with E-state index in [9.17, 15) is 9.59 Å². The number of fused-ring (bicyclic) bond motifs is 1. The highest BCUT2D eigenvalue weighted by atomic mass is 16.5. The van der Waals surface area contributed by atoms with E-state index in [1.54, 1.807) is 18.2 Å². The minimum absolute atomic E-state index is 0.0390. The first-order chi connectivity index (χ1) is 13.1. The second-order valence-corrected chi connectivity index (χ2v) is 5.97. The molecular weight excluding hydrogens is 344 g/mol. The number of carbonyl (C=O) groups excluding carboxylic acids is 2. The van der Waals surface area contributed by atoms with E-state index in [0.29, 0.717) is 28.2 Å². The van der Waals surface area contributed by atoms with Crippen LogP contribution in [0.5, 0.6) is 11.5 Å². The number of ketones is 1. The van der Waals surface area contributed by atoms with Gasteiger partial charge in [-0.2, -0.15) is 0 Å². The van der Waals surface area contributed by atoms with E-state index in [0.717, 1.165) is 10.8 Å². The molecule has 138 valence electrons. The highest BCUT2D eigenvalue weighted by molar-refractivity contribution is 6.17. The van der Waals surface area contributed by atoms with Gasteiger partial charge in [-0.1, -0.05) is 42.5 Å². The van der Waals surface area contributed by atoms with Gasteiger partial charge >= 0.3 is 5.97 Å². The average molecular weight is 364 g/mol. The van der Waals surface area contributed by atoms with Crippen LogP contribution in [0.1, 0.15) is 21.5 Å². The number of benzene rings is 3. The van der Waals surface area contributed by atoms with Gasteiger partial charge in [0.25, 0.3) is 0 Å². The minimum atomic E-state index is -0.436. The first-order valence-corrected chi connectivity index (χ1v) is 8.43. The molecule has 0 bridgehead atoms. The van der Waals surface area contributed by atoms with Gasteiger partial charge in [-0.25, -0.2) is 0 Å². The monoisotopic (exact) mass is 364 g/mol. The van der Waals surface area contributed by atoms with Crippen LogP contribution >= 0.6 is 0 Å². The van der Waals surface area contributed by atoms with Crippen LogP contribution in [-0.4, -0.2) is 33.1 Å². The van der Waals surface area contributed by atoms with Crippen molar-refractivity contribution >= 4 is 22.5 Å². The van der Waals surface area contributed by atoms with E-state index in [2.05, 4.69) is 0 Å². The maximum atomic E-state index is 13.4. The van der Waals surface area contributed by atoms with Crippen LogP contribution in [0.15, 0.2) is 54.6 Å². The quantitative estimate of drug-likeness (QED) is 0.492. The normalized spacial score (nSPS) is 10.5. The number of hydrogen-bond acceptors (Lipinski definition) is 5. The number of hydrogen-bond donors (Lipinski definition) is 0. The highest BCUT2D eigenvalue weighted by Crippen LogP contribution is 2.33. The molecule has 0 N–H and O–H groups in total. The van der Waals surface area contributed by atoms with Crippen LogP contribution in [0, 0.1) is 0 Å². The molecule has 0 aliphatic rings. The minimum Gasteiger partial charge on any atom is -0.493 e. The summed E-state index contributed by atoms with van der Waals surface area (Å²) in [7, 11) is 4.32. The van der Waals surface area contributed by atoms with E-state index in [1.807, 2.05) is 36.4 Å². The molecule has 5 heteroatoms. The summed E-state index contributed by atoms with van der Waals surface area (Å²) in [5, 5.41) is 1.82. The average Bonchev–Trinajstić information content (AvgIpc) is 2.72. The predicted molar refractivity (Wildman–Crippen MR) is 103 cm³/mol. The van der Waals surface area contributed by atoms with E-state index < -0.39 is 5.97 Å². The molecule has 0 aliphatic carbocycles. The van der Waals surface area contributed by atoms with E-state index in [-0.39, 0.29) is 12.2 Å². The summed E-state index contributed by atoms with van der Waals surface area (Å²) in [5.41, 5.74) is 1.47. The van der Waals surface area contributed by atoms with Gasteiger partial charge in [-0.3, -0.25) is 9.59 Å². The first kappa shape index (κ1) is 18.5. The van der Waals surface area contributed by atoms with Gasteiger partial charge in [0.2, 0.25) is 0 Å². The lowest BCUT2D eigenvalue weighted by Gasteiger charge is -2.15. The fraction of sp³-hybridized carbons (Fsp3) is 0.182. The van der Waals surface area contributed by atoms with Crippen molar-refractivity contribution in [3.63, 3.8) is 0 Å². The molecule has 0 atom stereocenters. The summed E-state index contributed by atoms with van der Waals surface area (Å²) in [6.45, 7) is 0. The predicted octanol–water partition coefficient (Wildman–Crippen LogP) is 3.80. The fourth-order valence-electron chi connectivity index (χ4n) is 3.07. The second-order valence-electron chi connectivity index (χ2n) is 5.97. The molecule has 0 fully saturated rings. The third kappa shape index (κ3) is 3.62. The molecule has 3 aromatic rings. The Hall–Kier alpha value is -3.34. The molecule has 0 saturated carbocycles. The number of methoxy groups -OCH3 is 3. The van der Waals surface area contributed by atoms with Gasteiger partial charge in [0.05, 0.1) is 27.8 Å². The molecular formula is C22H20O5. The molecule has 3 aromatic carbocycles. The lowest BCUT2D eigenvalue weighted by molar-refractivity contribution is -0.139. The van der Waals surface area contributed by atoms with E-state index in [4.69, 9.17) is 14.2 Å². The van der Waals surface area contributed by atoms with Gasteiger partial charge in [0.1, 0.15) is 0 Å². The van der Waals surface area contributed by atoms with Crippen molar-refractivity contribution in [2.45, 2.75) is 6.42 Å². The maximum Gasteiger partial charge on any atom is 0.310 e.